The number of aryl methyl sites for hydroxylation is 2. The number of rotatable bonds is 3. The summed E-state index contributed by atoms with van der Waals surface area (Å²) in [4.78, 5) is 14.8. The maximum Gasteiger partial charge on any atom is 0.167 e. The second-order valence-electron chi connectivity index (χ2n) is 5.05. The molecule has 18 heavy (non-hydrogen) atoms. The van der Waals surface area contributed by atoms with Gasteiger partial charge in [0.1, 0.15) is 0 Å². The number of hydrogen-bond acceptors (Lipinski definition) is 2. The smallest absolute Gasteiger partial charge is 0.167 e. The van der Waals surface area contributed by atoms with Gasteiger partial charge < -0.3 is 0 Å². The van der Waals surface area contributed by atoms with Crippen molar-refractivity contribution in [2.75, 3.05) is 0 Å². The molecule has 2 heteroatoms. The SMILES string of the molecule is Cc1cc(C(=O)C2CC2c2ccccc2)c(C)s1. The lowest BCUT2D eigenvalue weighted by Gasteiger charge is -2.00. The van der Waals surface area contributed by atoms with Crippen molar-refractivity contribution in [1.82, 2.24) is 0 Å². The molecule has 0 spiro atoms. The summed E-state index contributed by atoms with van der Waals surface area (Å²) >= 11 is 1.72. The molecule has 1 fully saturated rings. The monoisotopic (exact) mass is 256 g/mol. The Kier molecular flexibility index (Phi) is 2.83. The second-order valence-corrected chi connectivity index (χ2v) is 6.51. The molecule has 1 aromatic heterocycles. The molecule has 2 unspecified atom stereocenters. The van der Waals surface area contributed by atoms with Crippen LogP contribution in [0.2, 0.25) is 0 Å². The summed E-state index contributed by atoms with van der Waals surface area (Å²) in [6.45, 7) is 4.11. The van der Waals surface area contributed by atoms with Crippen LogP contribution in [-0.2, 0) is 0 Å². The summed E-state index contributed by atoms with van der Waals surface area (Å²) in [6.07, 6.45) is 1.01. The minimum atomic E-state index is 0.208. The van der Waals surface area contributed by atoms with Crippen molar-refractivity contribution in [1.29, 1.82) is 0 Å². The molecule has 1 saturated carbocycles. The van der Waals surface area contributed by atoms with Crippen LogP contribution in [0.4, 0.5) is 0 Å². The lowest BCUT2D eigenvalue weighted by atomic mass is 10.0. The minimum Gasteiger partial charge on any atom is -0.294 e. The lowest BCUT2D eigenvalue weighted by Crippen LogP contribution is -2.03. The molecule has 0 saturated heterocycles. The van der Waals surface area contributed by atoms with E-state index >= 15 is 0 Å². The number of Topliss-reactive ketones (excluding diaryl/α,β-unsaturated/α-hetero) is 1. The van der Waals surface area contributed by atoms with E-state index in [9.17, 15) is 4.79 Å². The summed E-state index contributed by atoms with van der Waals surface area (Å²) in [6, 6.07) is 12.4. The fourth-order valence-corrected chi connectivity index (χ4v) is 3.56. The van der Waals surface area contributed by atoms with E-state index in [-0.39, 0.29) is 5.92 Å². The Morgan fingerprint density at radius 1 is 1.22 bits per heavy atom. The van der Waals surface area contributed by atoms with Gasteiger partial charge in [-0.15, -0.1) is 11.3 Å². The standard InChI is InChI=1S/C16H16OS/c1-10-8-13(11(2)18-10)16(17)15-9-14(15)12-6-4-3-5-7-12/h3-8,14-15H,9H2,1-2H3. The molecule has 92 valence electrons. The fourth-order valence-electron chi connectivity index (χ4n) is 2.63. The van der Waals surface area contributed by atoms with Gasteiger partial charge in [0.15, 0.2) is 5.78 Å². The summed E-state index contributed by atoms with van der Waals surface area (Å²) in [7, 11) is 0. The van der Waals surface area contributed by atoms with Crippen molar-refractivity contribution in [3.05, 3.63) is 57.3 Å². The Labute approximate surface area is 111 Å². The maximum atomic E-state index is 12.4. The first-order valence-electron chi connectivity index (χ1n) is 6.33. The van der Waals surface area contributed by atoms with Gasteiger partial charge in [0.05, 0.1) is 0 Å². The van der Waals surface area contributed by atoms with E-state index in [0.717, 1.165) is 16.9 Å². The Morgan fingerprint density at radius 3 is 2.56 bits per heavy atom. The van der Waals surface area contributed by atoms with Crippen LogP contribution < -0.4 is 0 Å². The molecule has 1 nitrogen and oxygen atoms in total. The molecule has 1 aliphatic rings. The van der Waals surface area contributed by atoms with Crippen molar-refractivity contribution in [3.8, 4) is 0 Å². The van der Waals surface area contributed by atoms with E-state index in [1.165, 1.54) is 10.4 Å². The first kappa shape index (κ1) is 11.7. The average Bonchev–Trinajstić information content (AvgIpc) is 3.10. The Bertz CT molecular complexity index is 582. The number of thiophene rings is 1. The second kappa shape index (κ2) is 4.36. The topological polar surface area (TPSA) is 17.1 Å². The highest BCUT2D eigenvalue weighted by atomic mass is 32.1. The van der Waals surface area contributed by atoms with Crippen molar-refractivity contribution in [2.45, 2.75) is 26.2 Å². The van der Waals surface area contributed by atoms with Crippen molar-refractivity contribution >= 4 is 17.1 Å². The van der Waals surface area contributed by atoms with Gasteiger partial charge in [-0.25, -0.2) is 0 Å². The first-order valence-corrected chi connectivity index (χ1v) is 7.14. The zero-order chi connectivity index (χ0) is 12.7. The summed E-state index contributed by atoms with van der Waals surface area (Å²) in [5.41, 5.74) is 2.25. The third-order valence-corrected chi connectivity index (χ3v) is 4.63. The van der Waals surface area contributed by atoms with E-state index in [1.807, 2.05) is 19.1 Å². The average molecular weight is 256 g/mol. The van der Waals surface area contributed by atoms with Gasteiger partial charge in [-0.3, -0.25) is 4.79 Å². The molecular formula is C16H16OS. The van der Waals surface area contributed by atoms with Gasteiger partial charge in [0, 0.05) is 21.2 Å². The molecule has 1 aromatic carbocycles. The van der Waals surface area contributed by atoms with Crippen LogP contribution in [0.5, 0.6) is 0 Å². The van der Waals surface area contributed by atoms with Crippen molar-refractivity contribution in [3.63, 3.8) is 0 Å². The predicted molar refractivity (Wildman–Crippen MR) is 75.4 cm³/mol. The van der Waals surface area contributed by atoms with E-state index < -0.39 is 0 Å². The van der Waals surface area contributed by atoms with E-state index in [1.54, 1.807) is 11.3 Å². The van der Waals surface area contributed by atoms with Crippen LogP contribution in [-0.4, -0.2) is 5.78 Å². The van der Waals surface area contributed by atoms with Gasteiger partial charge >= 0.3 is 0 Å². The highest BCUT2D eigenvalue weighted by Crippen LogP contribution is 2.49. The minimum absolute atomic E-state index is 0.208. The maximum absolute atomic E-state index is 12.4. The summed E-state index contributed by atoms with van der Waals surface area (Å²) in [5, 5.41) is 0. The molecule has 0 N–H and O–H groups in total. The number of ketones is 1. The summed E-state index contributed by atoms with van der Waals surface area (Å²) < 4.78 is 0. The van der Waals surface area contributed by atoms with E-state index in [4.69, 9.17) is 0 Å². The number of benzene rings is 1. The van der Waals surface area contributed by atoms with Crippen LogP contribution in [0.3, 0.4) is 0 Å². The fraction of sp³-hybridized carbons (Fsp3) is 0.312. The van der Waals surface area contributed by atoms with E-state index in [0.29, 0.717) is 11.7 Å². The molecule has 0 amide bonds. The highest BCUT2D eigenvalue weighted by Gasteiger charge is 2.44. The van der Waals surface area contributed by atoms with Crippen LogP contribution in [0, 0.1) is 19.8 Å². The Morgan fingerprint density at radius 2 is 1.94 bits per heavy atom. The van der Waals surface area contributed by atoms with Gasteiger partial charge in [0.2, 0.25) is 0 Å². The number of hydrogen-bond donors (Lipinski definition) is 0. The number of carbonyl (C=O) groups excluding carboxylic acids is 1. The lowest BCUT2D eigenvalue weighted by molar-refractivity contribution is 0.0965. The third kappa shape index (κ3) is 2.01. The van der Waals surface area contributed by atoms with Crippen LogP contribution in [0.1, 0.15) is 38.0 Å². The molecule has 3 rings (SSSR count). The molecule has 2 aromatic rings. The molecule has 2 atom stereocenters. The van der Waals surface area contributed by atoms with Crippen LogP contribution >= 0.6 is 11.3 Å². The van der Waals surface area contributed by atoms with Crippen molar-refractivity contribution in [2.24, 2.45) is 5.92 Å². The quantitative estimate of drug-likeness (QED) is 0.746. The normalized spacial score (nSPS) is 21.9. The highest BCUT2D eigenvalue weighted by molar-refractivity contribution is 7.12. The van der Waals surface area contributed by atoms with E-state index in [2.05, 4.69) is 31.2 Å². The Balaban J connectivity index is 1.79. The van der Waals surface area contributed by atoms with Gasteiger partial charge in [-0.1, -0.05) is 30.3 Å². The van der Waals surface area contributed by atoms with Gasteiger partial charge in [-0.05, 0) is 37.8 Å². The van der Waals surface area contributed by atoms with Gasteiger partial charge in [-0.2, -0.15) is 0 Å². The largest absolute Gasteiger partial charge is 0.294 e. The zero-order valence-electron chi connectivity index (χ0n) is 10.6. The van der Waals surface area contributed by atoms with Crippen LogP contribution in [0.25, 0.3) is 0 Å². The molecule has 1 aliphatic carbocycles. The molecule has 0 radical (unpaired) electrons. The molecule has 0 aliphatic heterocycles. The third-order valence-electron chi connectivity index (χ3n) is 3.66. The number of carbonyl (C=O) groups is 1. The van der Waals surface area contributed by atoms with Crippen LogP contribution in [0.15, 0.2) is 36.4 Å². The van der Waals surface area contributed by atoms with Crippen molar-refractivity contribution < 1.29 is 4.79 Å². The first-order chi connectivity index (χ1) is 8.66. The molecular weight excluding hydrogens is 240 g/mol. The predicted octanol–water partition coefficient (Wildman–Crippen LogP) is 4.35. The molecule has 1 heterocycles. The molecule has 0 bridgehead atoms. The zero-order valence-corrected chi connectivity index (χ0v) is 11.5. The van der Waals surface area contributed by atoms with Gasteiger partial charge in [0.25, 0.3) is 0 Å². The summed E-state index contributed by atoms with van der Waals surface area (Å²) in [5.74, 6) is 0.990. The Hall–Kier alpha value is -1.41.